The lowest BCUT2D eigenvalue weighted by Gasteiger charge is -2.24. The maximum Gasteiger partial charge on any atom is 0.220 e. The summed E-state index contributed by atoms with van der Waals surface area (Å²) in [5.41, 5.74) is 0.929. The molecule has 2 aromatic rings. The molecule has 1 aromatic carbocycles. The van der Waals surface area contributed by atoms with Gasteiger partial charge < -0.3 is 10.6 Å². The number of rotatable bonds is 2. The molecule has 1 unspecified atom stereocenters. The average Bonchev–Trinajstić information content (AvgIpc) is 2.45. The second-order valence-corrected chi connectivity index (χ2v) is 4.86. The van der Waals surface area contributed by atoms with Crippen LogP contribution >= 0.6 is 0 Å². The standard InChI is InChI=1S/C14H16N4O/c1-9-11-4-2-3-5-12(11)14(18-17-9)16-10-6-7-13(19)15-8-10/h2-5,10H,6-8H2,1H3,(H,15,19)(H,16,18). The third-order valence-corrected chi connectivity index (χ3v) is 3.48. The number of anilines is 1. The van der Waals surface area contributed by atoms with Crippen molar-refractivity contribution in [3.05, 3.63) is 30.0 Å². The first kappa shape index (κ1) is 11.9. The molecule has 19 heavy (non-hydrogen) atoms. The van der Waals surface area contributed by atoms with Gasteiger partial charge in [-0.1, -0.05) is 24.3 Å². The van der Waals surface area contributed by atoms with E-state index in [0.29, 0.717) is 13.0 Å². The maximum absolute atomic E-state index is 11.2. The number of amides is 1. The van der Waals surface area contributed by atoms with E-state index < -0.39 is 0 Å². The van der Waals surface area contributed by atoms with Crippen molar-refractivity contribution in [2.45, 2.75) is 25.8 Å². The van der Waals surface area contributed by atoms with Gasteiger partial charge in [0.05, 0.1) is 5.69 Å². The number of aryl methyl sites for hydroxylation is 1. The van der Waals surface area contributed by atoms with E-state index in [0.717, 1.165) is 28.7 Å². The highest BCUT2D eigenvalue weighted by Gasteiger charge is 2.19. The van der Waals surface area contributed by atoms with Crippen LogP contribution in [0.3, 0.4) is 0 Å². The zero-order valence-corrected chi connectivity index (χ0v) is 10.8. The Hall–Kier alpha value is -2.17. The quantitative estimate of drug-likeness (QED) is 0.857. The van der Waals surface area contributed by atoms with Crippen LogP contribution in [0.5, 0.6) is 0 Å². The maximum atomic E-state index is 11.2. The summed E-state index contributed by atoms with van der Waals surface area (Å²) in [6.07, 6.45) is 1.39. The van der Waals surface area contributed by atoms with Crippen LogP contribution in [0.25, 0.3) is 10.8 Å². The Morgan fingerprint density at radius 3 is 2.79 bits per heavy atom. The minimum atomic E-state index is 0.123. The molecule has 1 aromatic heterocycles. The Balaban J connectivity index is 1.89. The lowest BCUT2D eigenvalue weighted by atomic mass is 10.1. The number of nitrogens with zero attached hydrogens (tertiary/aromatic N) is 2. The van der Waals surface area contributed by atoms with Crippen LogP contribution in [-0.2, 0) is 4.79 Å². The number of nitrogens with one attached hydrogen (secondary N) is 2. The molecule has 0 bridgehead atoms. The van der Waals surface area contributed by atoms with Crippen molar-refractivity contribution in [2.75, 3.05) is 11.9 Å². The van der Waals surface area contributed by atoms with E-state index in [9.17, 15) is 4.79 Å². The fraction of sp³-hybridized carbons (Fsp3) is 0.357. The third kappa shape index (κ3) is 2.36. The second-order valence-electron chi connectivity index (χ2n) is 4.86. The number of hydrogen-bond donors (Lipinski definition) is 2. The molecule has 1 aliphatic heterocycles. The Labute approximate surface area is 111 Å². The minimum absolute atomic E-state index is 0.123. The molecule has 0 spiro atoms. The third-order valence-electron chi connectivity index (χ3n) is 3.48. The van der Waals surface area contributed by atoms with Gasteiger partial charge in [0.15, 0.2) is 5.82 Å². The van der Waals surface area contributed by atoms with E-state index in [4.69, 9.17) is 0 Å². The van der Waals surface area contributed by atoms with Gasteiger partial charge in [0.25, 0.3) is 0 Å². The van der Waals surface area contributed by atoms with E-state index >= 15 is 0 Å². The van der Waals surface area contributed by atoms with Crippen LogP contribution in [-0.4, -0.2) is 28.7 Å². The van der Waals surface area contributed by atoms with Crippen LogP contribution in [0.15, 0.2) is 24.3 Å². The Bertz CT molecular complexity index is 616. The lowest BCUT2D eigenvalue weighted by molar-refractivity contribution is -0.122. The molecule has 0 aliphatic carbocycles. The molecule has 0 radical (unpaired) electrons. The summed E-state index contributed by atoms with van der Waals surface area (Å²) in [6, 6.07) is 8.31. The average molecular weight is 256 g/mol. The normalized spacial score (nSPS) is 19.2. The van der Waals surface area contributed by atoms with Gasteiger partial charge in [-0.3, -0.25) is 4.79 Å². The van der Waals surface area contributed by atoms with E-state index in [1.165, 1.54) is 0 Å². The largest absolute Gasteiger partial charge is 0.364 e. The fourth-order valence-corrected chi connectivity index (χ4v) is 2.39. The molecular formula is C14H16N4O. The van der Waals surface area contributed by atoms with Gasteiger partial charge in [-0.15, -0.1) is 5.10 Å². The molecule has 5 heteroatoms. The van der Waals surface area contributed by atoms with Gasteiger partial charge in [0, 0.05) is 29.8 Å². The van der Waals surface area contributed by atoms with Gasteiger partial charge in [0.2, 0.25) is 5.91 Å². The summed E-state index contributed by atoms with van der Waals surface area (Å²) in [7, 11) is 0. The summed E-state index contributed by atoms with van der Waals surface area (Å²) in [5, 5.41) is 16.9. The van der Waals surface area contributed by atoms with Crippen molar-refractivity contribution in [3.63, 3.8) is 0 Å². The summed E-state index contributed by atoms with van der Waals surface area (Å²) in [5.74, 6) is 0.917. The molecule has 0 saturated carbocycles. The van der Waals surface area contributed by atoms with Crippen LogP contribution in [0, 0.1) is 6.92 Å². The van der Waals surface area contributed by atoms with Gasteiger partial charge in [0.1, 0.15) is 0 Å². The number of carbonyl (C=O) groups excluding carboxylic acids is 1. The molecule has 5 nitrogen and oxygen atoms in total. The first-order valence-corrected chi connectivity index (χ1v) is 6.49. The predicted molar refractivity (Wildman–Crippen MR) is 73.9 cm³/mol. The van der Waals surface area contributed by atoms with E-state index in [2.05, 4.69) is 20.8 Å². The monoisotopic (exact) mass is 256 g/mol. The predicted octanol–water partition coefficient (Wildman–Crippen LogP) is 1.63. The smallest absolute Gasteiger partial charge is 0.220 e. The first-order chi connectivity index (χ1) is 9.24. The number of benzene rings is 1. The zero-order valence-electron chi connectivity index (χ0n) is 10.8. The molecule has 1 saturated heterocycles. The van der Waals surface area contributed by atoms with E-state index in [1.54, 1.807) is 0 Å². The Morgan fingerprint density at radius 1 is 1.26 bits per heavy atom. The molecule has 1 aliphatic rings. The van der Waals surface area contributed by atoms with Crippen LogP contribution < -0.4 is 10.6 Å². The summed E-state index contributed by atoms with van der Waals surface area (Å²) in [4.78, 5) is 11.2. The highest BCUT2D eigenvalue weighted by molar-refractivity contribution is 5.93. The minimum Gasteiger partial charge on any atom is -0.364 e. The zero-order chi connectivity index (χ0) is 13.2. The van der Waals surface area contributed by atoms with Crippen molar-refractivity contribution in [1.29, 1.82) is 0 Å². The molecular weight excluding hydrogens is 240 g/mol. The van der Waals surface area contributed by atoms with E-state index in [1.807, 2.05) is 31.2 Å². The highest BCUT2D eigenvalue weighted by Crippen LogP contribution is 2.23. The van der Waals surface area contributed by atoms with Gasteiger partial charge in [-0.25, -0.2) is 0 Å². The van der Waals surface area contributed by atoms with Gasteiger partial charge in [-0.05, 0) is 13.3 Å². The summed E-state index contributed by atoms with van der Waals surface area (Å²) in [6.45, 7) is 2.60. The summed E-state index contributed by atoms with van der Waals surface area (Å²) < 4.78 is 0. The lowest BCUT2D eigenvalue weighted by Crippen LogP contribution is -2.42. The number of aromatic nitrogens is 2. The Kier molecular flexibility index (Phi) is 3.03. The SMILES string of the molecule is Cc1nnc(NC2CCC(=O)NC2)c2ccccc12. The number of fused-ring (bicyclic) bond motifs is 1. The van der Waals surface area contributed by atoms with Crippen molar-refractivity contribution in [1.82, 2.24) is 15.5 Å². The van der Waals surface area contributed by atoms with Crippen LogP contribution in [0.1, 0.15) is 18.5 Å². The molecule has 98 valence electrons. The van der Waals surface area contributed by atoms with Gasteiger partial charge >= 0.3 is 0 Å². The molecule has 1 atom stereocenters. The van der Waals surface area contributed by atoms with Crippen LogP contribution in [0.4, 0.5) is 5.82 Å². The van der Waals surface area contributed by atoms with E-state index in [-0.39, 0.29) is 11.9 Å². The van der Waals surface area contributed by atoms with Gasteiger partial charge in [-0.2, -0.15) is 5.10 Å². The molecule has 2 N–H and O–H groups in total. The van der Waals surface area contributed by atoms with Crippen molar-refractivity contribution in [2.24, 2.45) is 0 Å². The van der Waals surface area contributed by atoms with Crippen molar-refractivity contribution in [3.8, 4) is 0 Å². The first-order valence-electron chi connectivity index (χ1n) is 6.49. The highest BCUT2D eigenvalue weighted by atomic mass is 16.1. The van der Waals surface area contributed by atoms with Crippen LogP contribution in [0.2, 0.25) is 0 Å². The number of carbonyl (C=O) groups is 1. The fourth-order valence-electron chi connectivity index (χ4n) is 2.39. The molecule has 2 heterocycles. The number of hydrogen-bond acceptors (Lipinski definition) is 4. The molecule has 1 amide bonds. The topological polar surface area (TPSA) is 66.9 Å². The number of piperidine rings is 1. The Morgan fingerprint density at radius 2 is 2.05 bits per heavy atom. The summed E-state index contributed by atoms with van der Waals surface area (Å²) >= 11 is 0. The molecule has 1 fully saturated rings. The molecule has 3 rings (SSSR count). The van der Waals surface area contributed by atoms with Crippen molar-refractivity contribution >= 4 is 22.5 Å². The second kappa shape index (κ2) is 4.84. The van der Waals surface area contributed by atoms with Crippen molar-refractivity contribution < 1.29 is 4.79 Å².